The highest BCUT2D eigenvalue weighted by Crippen LogP contribution is 2.39. The van der Waals surface area contributed by atoms with Crippen LogP contribution in [0.15, 0.2) is 69.9 Å². The molecule has 0 bridgehead atoms. The molecule has 8 heteroatoms. The number of ether oxygens (including phenoxy) is 2. The lowest BCUT2D eigenvalue weighted by Crippen LogP contribution is -2.18. The zero-order valence-corrected chi connectivity index (χ0v) is 18.7. The fourth-order valence-corrected chi connectivity index (χ4v) is 3.45. The van der Waals surface area contributed by atoms with Crippen molar-refractivity contribution in [1.29, 1.82) is 0 Å². The van der Waals surface area contributed by atoms with Crippen LogP contribution in [0.1, 0.15) is 33.0 Å². The lowest BCUT2D eigenvalue weighted by atomic mass is 9.92. The van der Waals surface area contributed by atoms with Gasteiger partial charge in [-0.1, -0.05) is 51.1 Å². The maximum atomic E-state index is 13.8. The van der Waals surface area contributed by atoms with Crippen LogP contribution >= 0.6 is 0 Å². The molecule has 0 aliphatic heterocycles. The standard InChI is InChI=1S/C26H21F3O5/c1-25(2,3)14-21(30)32-18-10-11-19-20(13-18)34-24(26(27,28)29)23(22(19)31)33-17-9-8-15-6-4-5-7-16(15)12-17/h4-13H,14H2,1-3H3. The second-order valence-corrected chi connectivity index (χ2v) is 9.07. The largest absolute Gasteiger partial charge is 0.453 e. The first-order chi connectivity index (χ1) is 15.9. The van der Waals surface area contributed by atoms with E-state index in [1.807, 2.05) is 32.9 Å². The van der Waals surface area contributed by atoms with Gasteiger partial charge in [0.05, 0.1) is 11.8 Å². The number of esters is 1. The maximum Gasteiger partial charge on any atom is 0.453 e. The molecule has 0 atom stereocenters. The van der Waals surface area contributed by atoms with E-state index in [0.29, 0.717) is 0 Å². The van der Waals surface area contributed by atoms with Crippen molar-refractivity contribution in [2.75, 3.05) is 0 Å². The summed E-state index contributed by atoms with van der Waals surface area (Å²) in [6.45, 7) is 5.54. The van der Waals surface area contributed by atoms with Crippen LogP contribution in [0.4, 0.5) is 13.2 Å². The lowest BCUT2D eigenvalue weighted by Gasteiger charge is -2.17. The molecule has 4 aromatic rings. The van der Waals surface area contributed by atoms with Crippen molar-refractivity contribution >= 4 is 27.7 Å². The number of carbonyl (C=O) groups is 1. The summed E-state index contributed by atoms with van der Waals surface area (Å²) >= 11 is 0. The summed E-state index contributed by atoms with van der Waals surface area (Å²) in [5.74, 6) is -3.06. The first kappa shape index (κ1) is 23.4. The number of hydrogen-bond donors (Lipinski definition) is 0. The first-order valence-corrected chi connectivity index (χ1v) is 10.5. The molecule has 4 rings (SSSR count). The van der Waals surface area contributed by atoms with Gasteiger partial charge in [0, 0.05) is 6.07 Å². The Morgan fingerprint density at radius 3 is 2.26 bits per heavy atom. The quantitative estimate of drug-likeness (QED) is 0.235. The molecule has 0 aliphatic carbocycles. The Hall–Kier alpha value is -3.81. The molecule has 0 aliphatic rings. The molecule has 1 aromatic heterocycles. The van der Waals surface area contributed by atoms with Crippen LogP contribution in [0.25, 0.3) is 21.7 Å². The first-order valence-electron chi connectivity index (χ1n) is 10.5. The highest BCUT2D eigenvalue weighted by atomic mass is 19.4. The molecule has 34 heavy (non-hydrogen) atoms. The average Bonchev–Trinajstić information content (AvgIpc) is 2.73. The smallest absolute Gasteiger partial charge is 0.449 e. The van der Waals surface area contributed by atoms with Gasteiger partial charge in [-0.05, 0) is 40.5 Å². The molecule has 3 aromatic carbocycles. The second-order valence-electron chi connectivity index (χ2n) is 9.07. The van der Waals surface area contributed by atoms with E-state index in [2.05, 4.69) is 0 Å². The third kappa shape index (κ3) is 5.06. The summed E-state index contributed by atoms with van der Waals surface area (Å²) in [4.78, 5) is 25.1. The number of benzene rings is 3. The molecule has 0 saturated carbocycles. The normalized spacial score (nSPS) is 12.2. The van der Waals surface area contributed by atoms with Crippen molar-refractivity contribution in [2.24, 2.45) is 5.41 Å². The Morgan fingerprint density at radius 2 is 1.59 bits per heavy atom. The fourth-order valence-electron chi connectivity index (χ4n) is 3.45. The van der Waals surface area contributed by atoms with Crippen molar-refractivity contribution in [2.45, 2.75) is 33.4 Å². The van der Waals surface area contributed by atoms with E-state index < -0.39 is 29.1 Å². The van der Waals surface area contributed by atoms with Gasteiger partial charge in [0.25, 0.3) is 5.76 Å². The molecular weight excluding hydrogens is 449 g/mol. The number of alkyl halides is 3. The molecule has 0 amide bonds. The fraction of sp³-hybridized carbons (Fsp3) is 0.231. The van der Waals surface area contributed by atoms with Crippen LogP contribution in [0.2, 0.25) is 0 Å². The molecule has 176 valence electrons. The summed E-state index contributed by atoms with van der Waals surface area (Å²) in [7, 11) is 0. The number of hydrogen-bond acceptors (Lipinski definition) is 5. The van der Waals surface area contributed by atoms with Crippen molar-refractivity contribution in [1.82, 2.24) is 0 Å². The van der Waals surface area contributed by atoms with Crippen molar-refractivity contribution in [3.8, 4) is 17.2 Å². The van der Waals surface area contributed by atoms with Crippen molar-refractivity contribution in [3.05, 3.63) is 76.6 Å². The monoisotopic (exact) mass is 470 g/mol. The molecule has 0 fully saturated rings. The van der Waals surface area contributed by atoms with Crippen molar-refractivity contribution in [3.63, 3.8) is 0 Å². The number of rotatable bonds is 4. The average molecular weight is 470 g/mol. The van der Waals surface area contributed by atoms with Gasteiger partial charge < -0.3 is 13.9 Å². The molecule has 0 saturated heterocycles. The predicted molar refractivity (Wildman–Crippen MR) is 121 cm³/mol. The number of fused-ring (bicyclic) bond motifs is 2. The van der Waals surface area contributed by atoms with Gasteiger partial charge in [0.1, 0.15) is 17.1 Å². The summed E-state index contributed by atoms with van der Waals surface area (Å²) in [6, 6.07) is 15.6. The molecule has 0 radical (unpaired) electrons. The molecular formula is C26H21F3O5. The van der Waals surface area contributed by atoms with E-state index in [1.165, 1.54) is 24.3 Å². The maximum absolute atomic E-state index is 13.8. The number of halogens is 3. The Morgan fingerprint density at radius 1 is 0.912 bits per heavy atom. The van der Waals surface area contributed by atoms with Crippen LogP contribution in [-0.2, 0) is 11.0 Å². The summed E-state index contributed by atoms with van der Waals surface area (Å²) in [6.07, 6.45) is -4.90. The molecule has 0 N–H and O–H groups in total. The second kappa shape index (κ2) is 8.52. The van der Waals surface area contributed by atoms with Gasteiger partial charge in [-0.2, -0.15) is 13.2 Å². The van der Waals surface area contributed by atoms with Crippen LogP contribution < -0.4 is 14.9 Å². The van der Waals surface area contributed by atoms with Crippen LogP contribution in [0.3, 0.4) is 0 Å². The van der Waals surface area contributed by atoms with Gasteiger partial charge in [-0.3, -0.25) is 9.59 Å². The Balaban J connectivity index is 1.76. The minimum Gasteiger partial charge on any atom is -0.449 e. The third-order valence-electron chi connectivity index (χ3n) is 4.93. The summed E-state index contributed by atoms with van der Waals surface area (Å²) in [5.41, 5.74) is -1.70. The minimum atomic E-state index is -5.00. The highest BCUT2D eigenvalue weighted by Gasteiger charge is 2.40. The Kier molecular flexibility index (Phi) is 5.85. The topological polar surface area (TPSA) is 65.7 Å². The van der Waals surface area contributed by atoms with Crippen LogP contribution in [0, 0.1) is 5.41 Å². The van der Waals surface area contributed by atoms with E-state index in [9.17, 15) is 22.8 Å². The Labute approximate surface area is 192 Å². The van der Waals surface area contributed by atoms with Crippen LogP contribution in [-0.4, -0.2) is 5.97 Å². The van der Waals surface area contributed by atoms with E-state index in [1.54, 1.807) is 18.2 Å². The minimum absolute atomic E-state index is 0.0266. The van der Waals surface area contributed by atoms with Gasteiger partial charge in [0.15, 0.2) is 0 Å². The van der Waals surface area contributed by atoms with Gasteiger partial charge in [-0.15, -0.1) is 0 Å². The van der Waals surface area contributed by atoms with Gasteiger partial charge in [-0.25, -0.2) is 0 Å². The van der Waals surface area contributed by atoms with E-state index >= 15 is 0 Å². The summed E-state index contributed by atoms with van der Waals surface area (Å²) in [5, 5.41) is 1.46. The van der Waals surface area contributed by atoms with Gasteiger partial charge >= 0.3 is 12.1 Å². The lowest BCUT2D eigenvalue weighted by molar-refractivity contribution is -0.154. The van der Waals surface area contributed by atoms with Crippen LogP contribution in [0.5, 0.6) is 17.2 Å². The molecule has 5 nitrogen and oxygen atoms in total. The van der Waals surface area contributed by atoms with E-state index in [4.69, 9.17) is 13.9 Å². The van der Waals surface area contributed by atoms with E-state index in [-0.39, 0.29) is 34.3 Å². The predicted octanol–water partition coefficient (Wildman–Crippen LogP) is 7.10. The third-order valence-corrected chi connectivity index (χ3v) is 4.93. The zero-order valence-electron chi connectivity index (χ0n) is 18.7. The van der Waals surface area contributed by atoms with Crippen molar-refractivity contribution < 1.29 is 31.9 Å². The summed E-state index contributed by atoms with van der Waals surface area (Å²) < 4.78 is 57.1. The number of carbonyl (C=O) groups excluding carboxylic acids is 1. The zero-order chi connectivity index (χ0) is 24.7. The van der Waals surface area contributed by atoms with E-state index in [0.717, 1.165) is 16.8 Å². The van der Waals surface area contributed by atoms with Gasteiger partial charge in [0.2, 0.25) is 11.2 Å². The Bertz CT molecular complexity index is 1450. The molecule has 1 heterocycles. The highest BCUT2D eigenvalue weighted by molar-refractivity contribution is 5.84. The SMILES string of the molecule is CC(C)(C)CC(=O)Oc1ccc2c(=O)c(Oc3ccc4ccccc4c3)c(C(F)(F)F)oc2c1. The molecule has 0 spiro atoms. The molecule has 0 unspecified atom stereocenters.